The minimum atomic E-state index is -4.92. The van der Waals surface area contributed by atoms with Crippen molar-refractivity contribution >= 4 is 23.1 Å². The molecule has 0 fully saturated rings. The molecule has 0 saturated heterocycles. The molecule has 0 aromatic heterocycles. The number of carbonyl (C=O) groups excluding carboxylic acids is 4. The molecule has 5 nitrogen and oxygen atoms in total. The average molecular weight is 373 g/mol. The quantitative estimate of drug-likeness (QED) is 0.426. The van der Waals surface area contributed by atoms with E-state index in [-0.39, 0.29) is 12.8 Å². The van der Waals surface area contributed by atoms with Crippen LogP contribution in [-0.2, 0) is 40.2 Å². The van der Waals surface area contributed by atoms with Gasteiger partial charge < -0.3 is 19.2 Å². The fourth-order valence-corrected chi connectivity index (χ4v) is 0.533. The van der Waals surface area contributed by atoms with Gasteiger partial charge in [-0.25, -0.2) is 0 Å². The van der Waals surface area contributed by atoms with E-state index >= 15 is 0 Å². The summed E-state index contributed by atoms with van der Waals surface area (Å²) in [6.45, 7) is 1.76. The molecule has 0 aliphatic rings. The van der Waals surface area contributed by atoms with E-state index in [0.717, 1.165) is 31.2 Å². The molecule has 0 aromatic carbocycles. The van der Waals surface area contributed by atoms with Crippen LogP contribution in [0.1, 0.15) is 13.8 Å². The predicted octanol–water partition coefficient (Wildman–Crippen LogP) is 1.70. The Labute approximate surface area is 129 Å². The number of hydrogen-bond donors (Lipinski definition) is 0. The molecule has 0 heterocycles. The van der Waals surface area contributed by atoms with Crippen LogP contribution in [0.15, 0.2) is 0 Å². The molecule has 0 radical (unpaired) electrons. The fourth-order valence-electron chi connectivity index (χ4n) is 0.533. The van der Waals surface area contributed by atoms with Gasteiger partial charge in [0, 0.05) is 11.6 Å². The van der Waals surface area contributed by atoms with E-state index in [4.69, 9.17) is 3.67 Å². The Hall–Kier alpha value is -1.62. The number of halogens is 6. The van der Waals surface area contributed by atoms with Crippen molar-refractivity contribution in [1.82, 2.24) is 0 Å². The summed E-state index contributed by atoms with van der Waals surface area (Å²) in [5, 5.41) is 0. The van der Waals surface area contributed by atoms with Gasteiger partial charge in [0.2, 0.25) is 0 Å². The summed E-state index contributed by atoms with van der Waals surface area (Å²) in [6.07, 6.45) is -9.82. The van der Waals surface area contributed by atoms with Crippen molar-refractivity contribution in [2.45, 2.75) is 26.2 Å². The van der Waals surface area contributed by atoms with Gasteiger partial charge in [0.15, 0.2) is 0 Å². The second-order valence-corrected chi connectivity index (χ2v) is 3.23. The summed E-state index contributed by atoms with van der Waals surface area (Å²) in [5.41, 5.74) is 0. The van der Waals surface area contributed by atoms with Crippen molar-refractivity contribution < 1.29 is 66.6 Å². The number of carbonyl (C=O) groups is 4. The number of alkyl halides is 6. The van der Waals surface area contributed by atoms with Gasteiger partial charge in [-0.3, -0.25) is 12.8 Å². The van der Waals surface area contributed by atoms with Crippen molar-refractivity contribution in [2.24, 2.45) is 0 Å². The molecule has 0 aliphatic heterocycles. The van der Waals surface area contributed by atoms with E-state index in [9.17, 15) is 45.5 Å². The van der Waals surface area contributed by atoms with Gasteiger partial charge in [-0.1, -0.05) is 0 Å². The van der Waals surface area contributed by atoms with Crippen molar-refractivity contribution in [1.29, 1.82) is 0 Å². The normalized spacial score (nSPS) is 10.1. The average Bonchev–Trinajstić information content (AvgIpc) is 2.28. The van der Waals surface area contributed by atoms with Crippen LogP contribution in [0, 0.1) is 12.8 Å². The van der Waals surface area contributed by atoms with Crippen LogP contribution in [0.4, 0.5) is 26.3 Å². The molecule has 0 amide bonds. The van der Waals surface area contributed by atoms with Crippen LogP contribution in [0.25, 0.3) is 0 Å². The summed E-state index contributed by atoms with van der Waals surface area (Å²) in [4.78, 5) is 39.6. The maximum absolute atomic E-state index is 11.3. The molecule has 0 atom stereocenters. The predicted molar refractivity (Wildman–Crippen MR) is 52.8 cm³/mol. The van der Waals surface area contributed by atoms with E-state index in [1.807, 2.05) is 0 Å². The topological polar surface area (TPSA) is 85.3 Å². The number of hydrogen-bond acceptors (Lipinski definition) is 5. The zero-order valence-corrected chi connectivity index (χ0v) is 12.3. The Morgan fingerprint density at radius 2 is 0.864 bits per heavy atom. The first-order chi connectivity index (χ1) is 9.67. The Morgan fingerprint density at radius 1 is 0.682 bits per heavy atom. The van der Waals surface area contributed by atoms with E-state index in [2.05, 4.69) is 0 Å². The Kier molecular flexibility index (Phi) is 12.7. The minimum absolute atomic E-state index is 0.0139. The SMILES string of the molecule is CC(=O)[CH-]C(=O)C(F)(F)F.CC(=O)[CH-]C(=O)C(F)(F)F.[O]=[V+2]. The van der Waals surface area contributed by atoms with Gasteiger partial charge in [0.25, 0.3) is 0 Å². The summed E-state index contributed by atoms with van der Waals surface area (Å²) >= 11 is 1.06. The van der Waals surface area contributed by atoms with Gasteiger partial charge >= 0.3 is 33.4 Å². The first-order valence-corrected chi connectivity index (χ1v) is 5.36. The fraction of sp³-hybridized carbons (Fsp3) is 0.400. The molecule has 0 saturated carbocycles. The van der Waals surface area contributed by atoms with Crippen molar-refractivity contribution in [3.63, 3.8) is 0 Å². The zero-order valence-electron chi connectivity index (χ0n) is 10.9. The molecular weight excluding hydrogens is 365 g/mol. The van der Waals surface area contributed by atoms with Gasteiger partial charge in [0.05, 0.1) is 0 Å². The monoisotopic (exact) mass is 373 g/mol. The molecule has 0 aromatic rings. The number of rotatable bonds is 4. The van der Waals surface area contributed by atoms with Gasteiger partial charge in [-0.2, -0.15) is 26.3 Å². The molecule has 22 heavy (non-hydrogen) atoms. The van der Waals surface area contributed by atoms with Crippen LogP contribution < -0.4 is 0 Å². The molecular formula is C10H8F6O5V. The molecule has 125 valence electrons. The molecule has 0 unspecified atom stereocenters. The summed E-state index contributed by atoms with van der Waals surface area (Å²) in [7, 11) is 0. The maximum atomic E-state index is 11.3. The third-order valence-electron chi connectivity index (χ3n) is 1.23. The van der Waals surface area contributed by atoms with Gasteiger partial charge in [-0.05, 0) is 13.8 Å². The third-order valence-corrected chi connectivity index (χ3v) is 1.23. The molecule has 0 aliphatic carbocycles. The first kappa shape index (κ1) is 25.3. The van der Waals surface area contributed by atoms with Crippen LogP contribution in [0.2, 0.25) is 0 Å². The van der Waals surface area contributed by atoms with E-state index < -0.39 is 35.5 Å². The molecule has 12 heteroatoms. The number of ketones is 4. The number of Topliss-reactive ketones (excluding diaryl/α,β-unsaturated/α-hetero) is 4. The summed E-state index contributed by atoms with van der Waals surface area (Å²) in [6, 6.07) is 0. The molecule has 0 bridgehead atoms. The van der Waals surface area contributed by atoms with Crippen LogP contribution in [-0.4, -0.2) is 35.5 Å². The Bertz CT molecular complexity index is 377. The second-order valence-electron chi connectivity index (χ2n) is 3.23. The van der Waals surface area contributed by atoms with Crippen molar-refractivity contribution in [2.75, 3.05) is 0 Å². The van der Waals surface area contributed by atoms with E-state index in [1.165, 1.54) is 0 Å². The summed E-state index contributed by atoms with van der Waals surface area (Å²) < 4.78 is 75.8. The van der Waals surface area contributed by atoms with Gasteiger partial charge in [-0.15, -0.1) is 0 Å². The van der Waals surface area contributed by atoms with Crippen molar-refractivity contribution in [3.8, 4) is 0 Å². The van der Waals surface area contributed by atoms with Gasteiger partial charge in [0.1, 0.15) is 11.6 Å². The zero-order chi connectivity index (χ0) is 18.7. The van der Waals surface area contributed by atoms with Crippen LogP contribution >= 0.6 is 0 Å². The summed E-state index contributed by atoms with van der Waals surface area (Å²) in [5.74, 6) is -6.02. The van der Waals surface area contributed by atoms with E-state index in [0.29, 0.717) is 0 Å². The molecule has 0 rings (SSSR count). The van der Waals surface area contributed by atoms with Crippen molar-refractivity contribution in [3.05, 3.63) is 12.8 Å². The molecule has 0 spiro atoms. The van der Waals surface area contributed by atoms with Crippen LogP contribution in [0.5, 0.6) is 0 Å². The Balaban J connectivity index is -0.000000294. The molecule has 0 N–H and O–H groups in total. The first-order valence-electron chi connectivity index (χ1n) is 4.79. The van der Waals surface area contributed by atoms with Crippen LogP contribution in [0.3, 0.4) is 0 Å². The van der Waals surface area contributed by atoms with E-state index in [1.54, 1.807) is 0 Å². The standard InChI is InChI=1S/2C5H4F3O2.O.V/c2*1-3(9)2-4(10)5(6,7)8;;/h2*2H,1H3;;/q2*-1;;+2. The Morgan fingerprint density at radius 3 is 0.909 bits per heavy atom. The second kappa shape index (κ2) is 11.0. The third kappa shape index (κ3) is 16.4.